The number of carbonyl (C=O) groups excluding carboxylic acids is 1. The molecule has 30 heavy (non-hydrogen) atoms. The van der Waals surface area contributed by atoms with Crippen molar-refractivity contribution in [3.05, 3.63) is 69.8 Å². The van der Waals surface area contributed by atoms with E-state index in [-0.39, 0.29) is 24.8 Å². The van der Waals surface area contributed by atoms with E-state index in [1.54, 1.807) is 23.5 Å². The normalized spacial score (nSPS) is 11.3. The molecule has 0 saturated heterocycles. The van der Waals surface area contributed by atoms with Crippen LogP contribution >= 0.6 is 23.1 Å². The molecule has 3 aromatic rings. The van der Waals surface area contributed by atoms with E-state index in [0.29, 0.717) is 11.3 Å². The number of nitrogens with zero attached hydrogens (tertiary/aromatic N) is 2. The Labute approximate surface area is 180 Å². The van der Waals surface area contributed by atoms with Gasteiger partial charge >= 0.3 is 6.18 Å². The van der Waals surface area contributed by atoms with Gasteiger partial charge in [-0.15, -0.1) is 23.1 Å². The van der Waals surface area contributed by atoms with E-state index in [1.807, 2.05) is 24.4 Å². The summed E-state index contributed by atoms with van der Waals surface area (Å²) < 4.78 is 39.0. The molecule has 0 atom stereocenters. The number of benzene rings is 1. The van der Waals surface area contributed by atoms with Gasteiger partial charge in [0.25, 0.3) is 5.91 Å². The number of nitrogens with one attached hydrogen (secondary N) is 2. The Morgan fingerprint density at radius 1 is 1.17 bits per heavy atom. The number of aryl methyl sites for hydroxylation is 1. The molecule has 2 N–H and O–H groups in total. The average molecular weight is 453 g/mol. The summed E-state index contributed by atoms with van der Waals surface area (Å²) >= 11 is 3.09. The van der Waals surface area contributed by atoms with E-state index in [1.165, 1.54) is 24.0 Å². The number of anilines is 1. The molecular formula is C20H19F3N4OS2. The zero-order chi connectivity index (χ0) is 21.6. The second-order valence-electron chi connectivity index (χ2n) is 6.22. The fourth-order valence-electron chi connectivity index (χ4n) is 2.63. The molecule has 1 amide bonds. The second kappa shape index (κ2) is 9.94. The summed E-state index contributed by atoms with van der Waals surface area (Å²) in [6.45, 7) is 2.20. The van der Waals surface area contributed by atoms with Crippen LogP contribution in [0, 0.1) is 6.92 Å². The molecule has 0 fully saturated rings. The van der Waals surface area contributed by atoms with Crippen molar-refractivity contribution in [3.63, 3.8) is 0 Å². The summed E-state index contributed by atoms with van der Waals surface area (Å²) in [6, 6.07) is 9.40. The number of aromatic nitrogens is 2. The monoisotopic (exact) mass is 452 g/mol. The molecule has 1 aromatic carbocycles. The molecule has 2 aromatic heterocycles. The van der Waals surface area contributed by atoms with Crippen molar-refractivity contribution in [1.29, 1.82) is 0 Å². The summed E-state index contributed by atoms with van der Waals surface area (Å²) in [7, 11) is 0. The number of hydrogen-bond donors (Lipinski definition) is 2. The lowest BCUT2D eigenvalue weighted by molar-refractivity contribution is -0.137. The quantitative estimate of drug-likeness (QED) is 0.372. The van der Waals surface area contributed by atoms with Gasteiger partial charge in [0.2, 0.25) is 0 Å². The van der Waals surface area contributed by atoms with Gasteiger partial charge in [-0.1, -0.05) is 12.1 Å². The Morgan fingerprint density at radius 3 is 2.70 bits per heavy atom. The number of amides is 1. The van der Waals surface area contributed by atoms with Crippen LogP contribution in [-0.4, -0.2) is 29.0 Å². The molecule has 10 heteroatoms. The molecule has 0 bridgehead atoms. The first-order valence-electron chi connectivity index (χ1n) is 9.01. The number of halogens is 3. The lowest BCUT2D eigenvalue weighted by Crippen LogP contribution is -2.29. The van der Waals surface area contributed by atoms with Gasteiger partial charge in [0, 0.05) is 35.3 Å². The highest BCUT2D eigenvalue weighted by molar-refractivity contribution is 7.98. The SMILES string of the molecule is Cc1nc(CSc2ccccc2C(=O)NCCNc2ncccc2C(F)(F)F)cs1. The molecule has 0 saturated carbocycles. The van der Waals surface area contributed by atoms with Crippen LogP contribution in [0.2, 0.25) is 0 Å². The van der Waals surface area contributed by atoms with Crippen LogP contribution in [-0.2, 0) is 11.9 Å². The third-order valence-corrected chi connectivity index (χ3v) is 5.92. The molecule has 0 unspecified atom stereocenters. The Morgan fingerprint density at radius 2 is 1.97 bits per heavy atom. The molecule has 0 aliphatic heterocycles. The van der Waals surface area contributed by atoms with Gasteiger partial charge in [-0.05, 0) is 31.2 Å². The first kappa shape index (κ1) is 22.1. The average Bonchev–Trinajstić information content (AvgIpc) is 3.14. The highest BCUT2D eigenvalue weighted by Gasteiger charge is 2.33. The van der Waals surface area contributed by atoms with Crippen molar-refractivity contribution < 1.29 is 18.0 Å². The maximum atomic E-state index is 13.0. The lowest BCUT2D eigenvalue weighted by atomic mass is 10.2. The topological polar surface area (TPSA) is 66.9 Å². The Kier molecular flexibility index (Phi) is 7.33. The van der Waals surface area contributed by atoms with Gasteiger partial charge in [0.1, 0.15) is 5.82 Å². The van der Waals surface area contributed by atoms with E-state index >= 15 is 0 Å². The molecule has 2 heterocycles. The third-order valence-electron chi connectivity index (χ3n) is 3.99. The smallest absolute Gasteiger partial charge is 0.368 e. The molecule has 0 aliphatic rings. The van der Waals surface area contributed by atoms with Gasteiger partial charge in [0.05, 0.1) is 21.8 Å². The van der Waals surface area contributed by atoms with E-state index in [4.69, 9.17) is 0 Å². The van der Waals surface area contributed by atoms with Crippen molar-refractivity contribution in [2.45, 2.75) is 23.7 Å². The van der Waals surface area contributed by atoms with Crippen LogP contribution < -0.4 is 10.6 Å². The maximum absolute atomic E-state index is 13.0. The number of alkyl halides is 3. The fraction of sp³-hybridized carbons (Fsp3) is 0.250. The zero-order valence-electron chi connectivity index (χ0n) is 16.0. The summed E-state index contributed by atoms with van der Waals surface area (Å²) in [5, 5.41) is 8.35. The third kappa shape index (κ3) is 5.96. The van der Waals surface area contributed by atoms with E-state index in [0.717, 1.165) is 21.7 Å². The van der Waals surface area contributed by atoms with Gasteiger partial charge in [-0.2, -0.15) is 13.2 Å². The van der Waals surface area contributed by atoms with Crippen LogP contribution in [0.15, 0.2) is 52.9 Å². The Balaban J connectivity index is 1.55. The molecule has 0 spiro atoms. The fourth-order valence-corrected chi connectivity index (χ4v) is 4.29. The van der Waals surface area contributed by atoms with Crippen LogP contribution in [0.25, 0.3) is 0 Å². The maximum Gasteiger partial charge on any atom is 0.419 e. The molecular weight excluding hydrogens is 433 g/mol. The van der Waals surface area contributed by atoms with Crippen LogP contribution in [0.1, 0.15) is 26.6 Å². The van der Waals surface area contributed by atoms with Gasteiger partial charge in [-0.25, -0.2) is 9.97 Å². The summed E-state index contributed by atoms with van der Waals surface area (Å²) in [4.78, 5) is 21.5. The first-order chi connectivity index (χ1) is 14.3. The molecule has 0 aliphatic carbocycles. The second-order valence-corrected chi connectivity index (χ2v) is 8.30. The minimum atomic E-state index is -4.49. The number of thiazole rings is 1. The molecule has 158 valence electrons. The van der Waals surface area contributed by atoms with Crippen LogP contribution in [0.5, 0.6) is 0 Å². The van der Waals surface area contributed by atoms with Crippen LogP contribution in [0.4, 0.5) is 19.0 Å². The van der Waals surface area contributed by atoms with Crippen molar-refractivity contribution in [2.24, 2.45) is 0 Å². The minimum Gasteiger partial charge on any atom is -0.368 e. The summed E-state index contributed by atoms with van der Waals surface area (Å²) in [6.07, 6.45) is -3.21. The van der Waals surface area contributed by atoms with Gasteiger partial charge in [-0.3, -0.25) is 4.79 Å². The van der Waals surface area contributed by atoms with E-state index in [9.17, 15) is 18.0 Å². The van der Waals surface area contributed by atoms with E-state index in [2.05, 4.69) is 20.6 Å². The van der Waals surface area contributed by atoms with Gasteiger partial charge in [0.15, 0.2) is 0 Å². The number of rotatable bonds is 8. The van der Waals surface area contributed by atoms with Crippen molar-refractivity contribution in [1.82, 2.24) is 15.3 Å². The zero-order valence-corrected chi connectivity index (χ0v) is 17.6. The Hall–Kier alpha value is -2.59. The molecule has 0 radical (unpaired) electrons. The van der Waals surface area contributed by atoms with Crippen molar-refractivity contribution >= 4 is 34.8 Å². The number of pyridine rings is 1. The van der Waals surface area contributed by atoms with Crippen molar-refractivity contribution in [3.8, 4) is 0 Å². The Bertz CT molecular complexity index is 1010. The van der Waals surface area contributed by atoms with Gasteiger partial charge < -0.3 is 10.6 Å². The molecule has 3 rings (SSSR count). The minimum absolute atomic E-state index is 0.110. The first-order valence-corrected chi connectivity index (χ1v) is 10.9. The largest absolute Gasteiger partial charge is 0.419 e. The van der Waals surface area contributed by atoms with Crippen LogP contribution in [0.3, 0.4) is 0 Å². The summed E-state index contributed by atoms with van der Waals surface area (Å²) in [5.74, 6) is 0.107. The molecule has 5 nitrogen and oxygen atoms in total. The standard InChI is InChI=1S/C20H19F3N4OS2/c1-13-27-14(11-29-13)12-30-17-7-3-2-5-15(17)19(28)26-10-9-25-18-16(20(21,22)23)6-4-8-24-18/h2-8,11H,9-10,12H2,1H3,(H,24,25)(H,26,28). The highest BCUT2D eigenvalue weighted by atomic mass is 32.2. The summed E-state index contributed by atoms with van der Waals surface area (Å²) in [5.41, 5.74) is 0.636. The number of hydrogen-bond acceptors (Lipinski definition) is 6. The predicted molar refractivity (Wildman–Crippen MR) is 113 cm³/mol. The van der Waals surface area contributed by atoms with Crippen molar-refractivity contribution in [2.75, 3.05) is 18.4 Å². The predicted octanol–water partition coefficient (Wildman–Crippen LogP) is 5.00. The highest BCUT2D eigenvalue weighted by Crippen LogP contribution is 2.33. The van der Waals surface area contributed by atoms with E-state index < -0.39 is 11.7 Å². The number of thioether (sulfide) groups is 1. The lowest BCUT2D eigenvalue weighted by Gasteiger charge is -2.14. The number of carbonyl (C=O) groups is 1.